The Labute approximate surface area is 47.6 Å². The fourth-order valence-electron chi connectivity index (χ4n) is 0.335. The lowest BCUT2D eigenvalue weighted by Gasteiger charge is -1.92. The number of hydrogen-bond donors (Lipinski definition) is 0. The zero-order valence-corrected chi connectivity index (χ0v) is 4.80. The topological polar surface area (TPSA) is 48.2 Å². The first kappa shape index (κ1) is 5.37. The number of hydrogen-bond acceptors (Lipinski definition) is 2. The van der Waals surface area contributed by atoms with Gasteiger partial charge < -0.3 is 0 Å². The van der Waals surface area contributed by atoms with Crippen LogP contribution in [0, 0.1) is 0 Å². The Kier molecular flexibility index (Phi) is 1.09. The van der Waals surface area contributed by atoms with Crippen molar-refractivity contribution in [3.05, 3.63) is 23.2 Å². The highest BCUT2D eigenvalue weighted by atomic mass is 32.2. The fourth-order valence-corrected chi connectivity index (χ4v) is 0.906. The number of sulfone groups is 1. The van der Waals surface area contributed by atoms with Gasteiger partial charge in [0.25, 0.3) is 0 Å². The minimum atomic E-state index is -3.04. The first-order valence-corrected chi connectivity index (χ1v) is 3.60. The highest BCUT2D eigenvalue weighted by Crippen LogP contribution is 1.97. The molecule has 0 aromatic rings. The van der Waals surface area contributed by atoms with Crippen molar-refractivity contribution >= 4 is 9.84 Å². The third-order valence-electron chi connectivity index (χ3n) is 0.673. The number of nitrogens with zero attached hydrogens (tertiary/aromatic N) is 1. The summed E-state index contributed by atoms with van der Waals surface area (Å²) in [6, 6.07) is 0. The molecule has 0 atom stereocenters. The van der Waals surface area contributed by atoms with E-state index in [0.717, 1.165) is 10.8 Å². The molecule has 0 unspecified atom stereocenters. The van der Waals surface area contributed by atoms with Gasteiger partial charge in [0.2, 0.25) is 0 Å². The van der Waals surface area contributed by atoms with Crippen molar-refractivity contribution in [2.75, 3.05) is 0 Å². The Hall–Kier alpha value is -0.770. The van der Waals surface area contributed by atoms with Crippen LogP contribution < -0.4 is 5.32 Å². The molecule has 0 bridgehead atoms. The zero-order valence-electron chi connectivity index (χ0n) is 3.98. The predicted octanol–water partition coefficient (Wildman–Crippen LogP) is -0.0384. The van der Waals surface area contributed by atoms with Gasteiger partial charge in [-0.2, -0.15) is 0 Å². The lowest BCUT2D eigenvalue weighted by atomic mass is 10.9. The molecule has 0 saturated heterocycles. The minimum Gasteiger partial charge on any atom is -0.263 e. The van der Waals surface area contributed by atoms with Crippen LogP contribution in [0.5, 0.6) is 0 Å². The second kappa shape index (κ2) is 1.63. The van der Waals surface area contributed by atoms with Crippen LogP contribution in [0.25, 0.3) is 0 Å². The third-order valence-corrected chi connectivity index (χ3v) is 1.68. The molecule has 0 fully saturated rings. The van der Waals surface area contributed by atoms with E-state index in [-0.39, 0.29) is 0 Å². The van der Waals surface area contributed by atoms with Crippen LogP contribution in [0.1, 0.15) is 0 Å². The van der Waals surface area contributed by atoms with Gasteiger partial charge in [0.15, 0.2) is 9.84 Å². The summed E-state index contributed by atoms with van der Waals surface area (Å²) in [6.07, 6.45) is 2.49. The summed E-state index contributed by atoms with van der Waals surface area (Å²) in [7, 11) is -3.04. The predicted molar refractivity (Wildman–Crippen MR) is 29.3 cm³/mol. The monoisotopic (exact) mass is 130 g/mol. The largest absolute Gasteiger partial charge is 0.263 e. The lowest BCUT2D eigenvalue weighted by molar-refractivity contribution is 0.612. The van der Waals surface area contributed by atoms with Crippen LogP contribution in [0.3, 0.4) is 0 Å². The van der Waals surface area contributed by atoms with E-state index in [1.165, 1.54) is 12.4 Å². The van der Waals surface area contributed by atoms with E-state index < -0.39 is 9.84 Å². The van der Waals surface area contributed by atoms with E-state index in [9.17, 15) is 8.42 Å². The molecule has 1 rings (SSSR count). The van der Waals surface area contributed by atoms with Gasteiger partial charge in [0.05, 0.1) is 10.8 Å². The fraction of sp³-hybridized carbons (Fsp3) is 0. The van der Waals surface area contributed by atoms with Gasteiger partial charge in [0.1, 0.15) is 0 Å². The molecule has 1 radical (unpaired) electrons. The van der Waals surface area contributed by atoms with Crippen LogP contribution in [0.2, 0.25) is 0 Å². The molecule has 0 spiro atoms. The molecule has 0 aliphatic carbocycles. The molecule has 0 aromatic carbocycles. The molecule has 0 saturated carbocycles. The smallest absolute Gasteiger partial charge is 0.196 e. The average Bonchev–Trinajstić information content (AvgIpc) is 1.65. The Morgan fingerprint density at radius 2 is 1.62 bits per heavy atom. The molecular weight excluding hydrogens is 126 g/mol. The van der Waals surface area contributed by atoms with Crippen molar-refractivity contribution in [1.82, 2.24) is 5.32 Å². The van der Waals surface area contributed by atoms with Crippen LogP contribution >= 0.6 is 0 Å². The summed E-state index contributed by atoms with van der Waals surface area (Å²) < 4.78 is 20.8. The van der Waals surface area contributed by atoms with Gasteiger partial charge in [0, 0.05) is 12.4 Å². The van der Waals surface area contributed by atoms with E-state index in [2.05, 4.69) is 5.32 Å². The van der Waals surface area contributed by atoms with Gasteiger partial charge in [-0.1, -0.05) is 0 Å². The molecule has 1 aliphatic rings. The maximum absolute atomic E-state index is 10.4. The average molecular weight is 130 g/mol. The summed E-state index contributed by atoms with van der Waals surface area (Å²) in [5, 5.41) is 5.63. The summed E-state index contributed by atoms with van der Waals surface area (Å²) in [5.74, 6) is 0. The maximum atomic E-state index is 10.4. The highest BCUT2D eigenvalue weighted by Gasteiger charge is 2.00. The molecule has 43 valence electrons. The zero-order chi connectivity index (χ0) is 6.04. The normalized spacial score (nSPS) is 22.5. The van der Waals surface area contributed by atoms with Gasteiger partial charge in [-0.05, 0) is 0 Å². The first-order chi connectivity index (χ1) is 3.71. The van der Waals surface area contributed by atoms with Crippen molar-refractivity contribution in [3.63, 3.8) is 0 Å². The second-order valence-electron chi connectivity index (χ2n) is 1.31. The molecule has 1 aliphatic heterocycles. The summed E-state index contributed by atoms with van der Waals surface area (Å²) in [4.78, 5) is 0. The first-order valence-electron chi connectivity index (χ1n) is 1.99. The van der Waals surface area contributed by atoms with Gasteiger partial charge in [-0.15, -0.1) is 0 Å². The van der Waals surface area contributed by atoms with Crippen LogP contribution in [0.15, 0.2) is 23.2 Å². The van der Waals surface area contributed by atoms with Crippen molar-refractivity contribution in [2.24, 2.45) is 0 Å². The van der Waals surface area contributed by atoms with E-state index in [4.69, 9.17) is 0 Å². The SMILES string of the molecule is O=S1(=O)C=C[N]C=C1. The summed E-state index contributed by atoms with van der Waals surface area (Å²) >= 11 is 0. The highest BCUT2D eigenvalue weighted by molar-refractivity contribution is 7.97. The standard InChI is InChI=1S/C4H4NO2S/c6-8(7)3-1-5-2-4-8/h1-4H. The van der Waals surface area contributed by atoms with E-state index in [0.29, 0.717) is 0 Å². The maximum Gasteiger partial charge on any atom is 0.196 e. The van der Waals surface area contributed by atoms with E-state index >= 15 is 0 Å². The molecule has 0 amide bonds. The van der Waals surface area contributed by atoms with Crippen LogP contribution in [-0.2, 0) is 9.84 Å². The van der Waals surface area contributed by atoms with E-state index in [1.54, 1.807) is 0 Å². The summed E-state index contributed by atoms with van der Waals surface area (Å²) in [5.41, 5.74) is 0. The van der Waals surface area contributed by atoms with Gasteiger partial charge in [-0.3, -0.25) is 5.32 Å². The molecule has 0 N–H and O–H groups in total. The second-order valence-corrected chi connectivity index (χ2v) is 3.03. The Bertz CT molecular complexity index is 206. The Morgan fingerprint density at radius 3 is 1.88 bits per heavy atom. The van der Waals surface area contributed by atoms with Crippen molar-refractivity contribution in [2.45, 2.75) is 0 Å². The van der Waals surface area contributed by atoms with Crippen LogP contribution in [-0.4, -0.2) is 8.42 Å². The van der Waals surface area contributed by atoms with E-state index in [1.807, 2.05) is 0 Å². The van der Waals surface area contributed by atoms with Crippen molar-refractivity contribution in [3.8, 4) is 0 Å². The molecule has 8 heavy (non-hydrogen) atoms. The quantitative estimate of drug-likeness (QED) is 0.462. The lowest BCUT2D eigenvalue weighted by Crippen LogP contribution is -1.97. The van der Waals surface area contributed by atoms with Gasteiger partial charge >= 0.3 is 0 Å². The van der Waals surface area contributed by atoms with Gasteiger partial charge in [-0.25, -0.2) is 8.42 Å². The minimum absolute atomic E-state index is 1.05. The van der Waals surface area contributed by atoms with Crippen molar-refractivity contribution < 1.29 is 8.42 Å². The molecule has 3 nitrogen and oxygen atoms in total. The Morgan fingerprint density at radius 1 is 1.12 bits per heavy atom. The summed E-state index contributed by atoms with van der Waals surface area (Å²) in [6.45, 7) is 0. The molecular formula is C4H4NO2S. The molecule has 1 heterocycles. The Balaban J connectivity index is 3.03. The number of rotatable bonds is 0. The van der Waals surface area contributed by atoms with Crippen LogP contribution in [0.4, 0.5) is 0 Å². The molecule has 4 heteroatoms. The molecule has 0 aromatic heterocycles. The van der Waals surface area contributed by atoms with Crippen molar-refractivity contribution in [1.29, 1.82) is 0 Å². The third kappa shape index (κ3) is 1.10.